The van der Waals surface area contributed by atoms with Crippen molar-refractivity contribution in [2.24, 2.45) is 0 Å². The van der Waals surface area contributed by atoms with Gasteiger partial charge in [-0.1, -0.05) is 6.92 Å². The molecule has 4 N–H and O–H groups in total. The third kappa shape index (κ3) is 5.93. The Hall–Kier alpha value is -1.17. The molecule has 166 valence electrons. The van der Waals surface area contributed by atoms with E-state index in [1.807, 2.05) is 11.6 Å². The van der Waals surface area contributed by atoms with Gasteiger partial charge >= 0.3 is 0 Å². The molecule has 0 aliphatic carbocycles. The average molecular weight is 474 g/mol. The minimum atomic E-state index is -4.29. The number of rotatable bonds is 10. The van der Waals surface area contributed by atoms with Gasteiger partial charge in [-0.25, -0.2) is 26.4 Å². The van der Waals surface area contributed by atoms with Crippen LogP contribution in [0.5, 0.6) is 0 Å². The number of sulfone groups is 1. The molecule has 15 heteroatoms. The Bertz CT molecular complexity index is 927. The fourth-order valence-corrected chi connectivity index (χ4v) is 7.71. The molecule has 0 saturated carbocycles. The standard InChI is InChI=1S/C14H23N3O9S3/c1-3-15-11-6-9(2)28(21,22)14-10(11)7-13(27-14)29(23,24)16-12(18)8-25-4-5-26-17(19)20/h7,9,11,15,19-20H,3-6,8H2,1-2H3,(H,16,18)/t9?,11-/m0/s1. The van der Waals surface area contributed by atoms with Crippen LogP contribution in [0, 0.1) is 0 Å². The van der Waals surface area contributed by atoms with Crippen molar-refractivity contribution < 1.29 is 41.6 Å². The molecule has 1 unspecified atom stereocenters. The minimum absolute atomic E-state index is 0.0130. The predicted octanol–water partition coefficient (Wildman–Crippen LogP) is -0.202. The zero-order valence-corrected chi connectivity index (χ0v) is 18.1. The Morgan fingerprint density at radius 2 is 2.07 bits per heavy atom. The summed E-state index contributed by atoms with van der Waals surface area (Å²) in [4.78, 5) is 16.0. The van der Waals surface area contributed by atoms with Gasteiger partial charge < -0.3 is 10.1 Å². The lowest BCUT2D eigenvalue weighted by molar-refractivity contribution is -0.493. The van der Waals surface area contributed by atoms with Gasteiger partial charge in [-0.05, 0) is 26.0 Å². The van der Waals surface area contributed by atoms with Crippen molar-refractivity contribution in [3.8, 4) is 0 Å². The van der Waals surface area contributed by atoms with Crippen LogP contribution in [0.15, 0.2) is 14.5 Å². The average Bonchev–Trinajstić information content (AvgIpc) is 3.07. The molecule has 2 heterocycles. The van der Waals surface area contributed by atoms with E-state index in [1.54, 1.807) is 6.92 Å². The van der Waals surface area contributed by atoms with Crippen molar-refractivity contribution in [2.45, 2.75) is 40.0 Å². The number of fused-ring (bicyclic) bond motifs is 1. The highest BCUT2D eigenvalue weighted by molar-refractivity contribution is 7.95. The Morgan fingerprint density at radius 1 is 1.38 bits per heavy atom. The number of carbonyl (C=O) groups is 1. The van der Waals surface area contributed by atoms with Crippen LogP contribution >= 0.6 is 11.3 Å². The van der Waals surface area contributed by atoms with Crippen LogP contribution in [0.25, 0.3) is 0 Å². The van der Waals surface area contributed by atoms with E-state index in [9.17, 15) is 21.6 Å². The van der Waals surface area contributed by atoms with Crippen LogP contribution in [0.1, 0.15) is 31.9 Å². The molecule has 1 aromatic rings. The van der Waals surface area contributed by atoms with Gasteiger partial charge in [0, 0.05) is 11.6 Å². The first-order valence-electron chi connectivity index (χ1n) is 8.54. The number of nitrogens with zero attached hydrogens (tertiary/aromatic N) is 1. The highest BCUT2D eigenvalue weighted by Gasteiger charge is 2.39. The van der Waals surface area contributed by atoms with Crippen molar-refractivity contribution in [2.75, 3.05) is 26.4 Å². The van der Waals surface area contributed by atoms with E-state index in [0.29, 0.717) is 29.9 Å². The Morgan fingerprint density at radius 3 is 2.69 bits per heavy atom. The number of nitrogens with one attached hydrogen (secondary N) is 2. The molecule has 0 bridgehead atoms. The van der Waals surface area contributed by atoms with Gasteiger partial charge in [-0.3, -0.25) is 15.2 Å². The third-order valence-electron chi connectivity index (χ3n) is 4.06. The molecule has 2 rings (SSSR count). The van der Waals surface area contributed by atoms with Crippen LogP contribution in [-0.2, 0) is 34.2 Å². The van der Waals surface area contributed by atoms with E-state index in [1.165, 1.54) is 6.07 Å². The van der Waals surface area contributed by atoms with Gasteiger partial charge in [-0.2, -0.15) is 0 Å². The van der Waals surface area contributed by atoms with E-state index in [2.05, 4.69) is 10.2 Å². The number of hydrogen-bond donors (Lipinski definition) is 4. The van der Waals surface area contributed by atoms with Crippen molar-refractivity contribution in [3.63, 3.8) is 0 Å². The van der Waals surface area contributed by atoms with Crippen LogP contribution in [0.4, 0.5) is 0 Å². The van der Waals surface area contributed by atoms with Crippen LogP contribution in [0.3, 0.4) is 0 Å². The minimum Gasteiger partial charge on any atom is -0.369 e. The fourth-order valence-electron chi connectivity index (χ4n) is 2.74. The predicted molar refractivity (Wildman–Crippen MR) is 99.5 cm³/mol. The third-order valence-corrected chi connectivity index (χ3v) is 9.81. The maximum atomic E-state index is 12.6. The molecule has 12 nitrogen and oxygen atoms in total. The van der Waals surface area contributed by atoms with Crippen LogP contribution in [-0.4, -0.2) is 70.2 Å². The molecule has 0 aromatic carbocycles. The lowest BCUT2D eigenvalue weighted by atomic mass is 10.1. The van der Waals surface area contributed by atoms with Gasteiger partial charge in [-0.15, -0.1) is 11.3 Å². The van der Waals surface area contributed by atoms with Gasteiger partial charge in [0.25, 0.3) is 15.9 Å². The molecular formula is C14H23N3O9S3. The number of thiophene rings is 1. The van der Waals surface area contributed by atoms with Crippen molar-refractivity contribution >= 4 is 37.1 Å². The first kappa shape index (κ1) is 24.1. The van der Waals surface area contributed by atoms with E-state index < -0.39 is 43.0 Å². The first-order valence-corrected chi connectivity index (χ1v) is 12.4. The first-order chi connectivity index (χ1) is 13.5. The molecule has 1 aromatic heterocycles. The molecule has 0 fully saturated rings. The SMILES string of the molecule is CCN[C@H]1CC(C)S(=O)(=O)c2sc(S(=O)(=O)NC(=O)COCCON(O)O)cc21. The zero-order chi connectivity index (χ0) is 21.8. The zero-order valence-electron chi connectivity index (χ0n) is 15.7. The molecular weight excluding hydrogens is 450 g/mol. The number of sulfonamides is 1. The van der Waals surface area contributed by atoms with Crippen molar-refractivity contribution in [1.82, 2.24) is 15.4 Å². The lowest BCUT2D eigenvalue weighted by Crippen LogP contribution is -2.33. The van der Waals surface area contributed by atoms with Gasteiger partial charge in [0.05, 0.1) is 23.9 Å². The maximum Gasteiger partial charge on any atom is 0.273 e. The van der Waals surface area contributed by atoms with Crippen LogP contribution in [0.2, 0.25) is 0 Å². The summed E-state index contributed by atoms with van der Waals surface area (Å²) < 4.78 is 56.6. The number of ether oxygens (including phenoxy) is 1. The monoisotopic (exact) mass is 473 g/mol. The lowest BCUT2D eigenvalue weighted by Gasteiger charge is -2.27. The maximum absolute atomic E-state index is 12.6. The fraction of sp³-hybridized carbons (Fsp3) is 0.643. The van der Waals surface area contributed by atoms with E-state index in [4.69, 9.17) is 15.2 Å². The highest BCUT2D eigenvalue weighted by Crippen LogP contribution is 2.42. The molecule has 1 aliphatic rings. The van der Waals surface area contributed by atoms with Gasteiger partial charge in [0.15, 0.2) is 9.84 Å². The van der Waals surface area contributed by atoms with Crippen molar-refractivity contribution in [1.29, 1.82) is 0 Å². The van der Waals surface area contributed by atoms with Gasteiger partial charge in [0.1, 0.15) is 15.0 Å². The van der Waals surface area contributed by atoms with E-state index in [-0.39, 0.29) is 27.7 Å². The molecule has 0 saturated heterocycles. The molecule has 2 atom stereocenters. The second kappa shape index (κ2) is 9.76. The van der Waals surface area contributed by atoms with Gasteiger partial charge in [0.2, 0.25) is 0 Å². The Labute approximate surface area is 172 Å². The second-order valence-electron chi connectivity index (χ2n) is 6.18. The molecule has 1 amide bonds. The largest absolute Gasteiger partial charge is 0.369 e. The van der Waals surface area contributed by atoms with E-state index >= 15 is 0 Å². The summed E-state index contributed by atoms with van der Waals surface area (Å²) in [5.74, 6) is -0.972. The summed E-state index contributed by atoms with van der Waals surface area (Å²) >= 11 is 0.607. The Balaban J connectivity index is 2.12. The number of carbonyl (C=O) groups excluding carboxylic acids is 1. The number of amides is 1. The summed E-state index contributed by atoms with van der Waals surface area (Å²) in [7, 11) is -7.94. The quantitative estimate of drug-likeness (QED) is 0.262. The topological polar surface area (TPSA) is 172 Å². The molecule has 0 radical (unpaired) electrons. The normalized spacial score (nSPS) is 21.1. The number of hydrogen-bond acceptors (Lipinski definition) is 12. The molecule has 1 aliphatic heterocycles. The highest BCUT2D eigenvalue weighted by atomic mass is 32.3. The van der Waals surface area contributed by atoms with Crippen LogP contribution < -0.4 is 10.0 Å². The smallest absolute Gasteiger partial charge is 0.273 e. The summed E-state index contributed by atoms with van der Waals surface area (Å²) in [5, 5.41) is 18.6. The summed E-state index contributed by atoms with van der Waals surface area (Å²) in [5.41, 5.74) is 0.383. The summed E-state index contributed by atoms with van der Waals surface area (Å²) in [6.07, 6.45) is 0.320. The summed E-state index contributed by atoms with van der Waals surface area (Å²) in [6, 6.07) is 0.975. The second-order valence-corrected chi connectivity index (χ2v) is 11.7. The Kier molecular flexibility index (Phi) is 8.11. The molecule has 0 spiro atoms. The summed E-state index contributed by atoms with van der Waals surface area (Å²) in [6.45, 7) is 2.90. The van der Waals surface area contributed by atoms with Crippen molar-refractivity contribution in [3.05, 3.63) is 11.6 Å². The molecule has 29 heavy (non-hydrogen) atoms. The van der Waals surface area contributed by atoms with E-state index in [0.717, 1.165) is 0 Å².